The van der Waals surface area contributed by atoms with E-state index in [4.69, 9.17) is 13.3 Å². The van der Waals surface area contributed by atoms with E-state index in [1.807, 2.05) is 20.8 Å². The zero-order valence-corrected chi connectivity index (χ0v) is 33.2. The van der Waals surface area contributed by atoms with Crippen LogP contribution in [0.15, 0.2) is 0 Å². The number of hydrogen-bond acceptors (Lipinski definition) is 9. The van der Waals surface area contributed by atoms with Crippen molar-refractivity contribution in [3.63, 3.8) is 0 Å². The Morgan fingerprint density at radius 2 is 1.14 bits per heavy atom. The molecule has 0 aromatic rings. The van der Waals surface area contributed by atoms with Gasteiger partial charge in [0.2, 0.25) is 8.89 Å². The lowest BCUT2D eigenvalue weighted by Crippen LogP contribution is -2.48. The molecule has 0 radical (unpaired) electrons. The van der Waals surface area contributed by atoms with Gasteiger partial charge >= 0.3 is 8.80 Å². The first-order valence-corrected chi connectivity index (χ1v) is 23.8. The standard InChI is InChI=1S/C34H66O5S4Si/c1-6-11-13-15-19-26-40-32(35)42-28-22-31-21-17-18-23-34(31,25-30-44(37-8-3,38-9-4)39-10-5)24-29-43-33(36)41-27-20-16-14-12-7-2/h31H,6-30H2,1-5H3. The Bertz CT molecular complexity index is 715. The summed E-state index contributed by atoms with van der Waals surface area (Å²) in [6.07, 6.45) is 20.4. The maximum atomic E-state index is 12.8. The van der Waals surface area contributed by atoms with E-state index in [0.717, 1.165) is 61.2 Å². The van der Waals surface area contributed by atoms with Crippen molar-refractivity contribution in [3.8, 4) is 0 Å². The van der Waals surface area contributed by atoms with Crippen LogP contribution in [0.2, 0.25) is 6.04 Å². The van der Waals surface area contributed by atoms with Crippen LogP contribution in [0, 0.1) is 11.3 Å². The molecule has 0 aromatic heterocycles. The van der Waals surface area contributed by atoms with Crippen LogP contribution in [0.4, 0.5) is 9.59 Å². The Morgan fingerprint density at radius 3 is 1.66 bits per heavy atom. The van der Waals surface area contributed by atoms with E-state index in [1.54, 1.807) is 0 Å². The molecule has 0 spiro atoms. The largest absolute Gasteiger partial charge is 0.500 e. The Labute approximate surface area is 290 Å². The predicted octanol–water partition coefficient (Wildman–Crippen LogP) is 12.5. The van der Waals surface area contributed by atoms with E-state index in [9.17, 15) is 9.59 Å². The van der Waals surface area contributed by atoms with Crippen LogP contribution in [0.25, 0.3) is 0 Å². The molecule has 0 saturated heterocycles. The summed E-state index contributed by atoms with van der Waals surface area (Å²) in [5.41, 5.74) is 0.135. The van der Waals surface area contributed by atoms with Crippen molar-refractivity contribution in [1.82, 2.24) is 0 Å². The van der Waals surface area contributed by atoms with Crippen molar-refractivity contribution >= 4 is 64.7 Å². The first-order chi connectivity index (χ1) is 21.4. The quantitative estimate of drug-likeness (QED) is 0.0612. The second kappa shape index (κ2) is 27.8. The average Bonchev–Trinajstić information content (AvgIpc) is 3.01. The highest BCUT2D eigenvalue weighted by Crippen LogP contribution is 2.51. The highest BCUT2D eigenvalue weighted by molar-refractivity contribution is 8.38. The molecule has 1 aliphatic carbocycles. The van der Waals surface area contributed by atoms with E-state index in [2.05, 4.69) is 13.8 Å². The van der Waals surface area contributed by atoms with Crippen LogP contribution >= 0.6 is 47.0 Å². The lowest BCUT2D eigenvalue weighted by atomic mass is 9.62. The molecule has 44 heavy (non-hydrogen) atoms. The number of carbonyl (C=O) groups is 2. The molecule has 0 heterocycles. The third-order valence-corrected chi connectivity index (χ3v) is 16.0. The SMILES string of the molecule is CCCCCCCSC(=O)SCCC1CCCCC1(CCSC(=O)SCCCCCCC)CC[Si](OCC)(OCC)OCC. The lowest BCUT2D eigenvalue weighted by molar-refractivity contribution is 0.0477. The van der Waals surface area contributed by atoms with Crippen LogP contribution in [-0.2, 0) is 13.3 Å². The van der Waals surface area contributed by atoms with Gasteiger partial charge in [-0.25, -0.2) is 0 Å². The molecule has 1 fully saturated rings. The molecular weight excluding hydrogens is 645 g/mol. The third kappa shape index (κ3) is 19.0. The van der Waals surface area contributed by atoms with Gasteiger partial charge < -0.3 is 13.3 Å². The van der Waals surface area contributed by atoms with Crippen molar-refractivity contribution in [2.24, 2.45) is 11.3 Å². The van der Waals surface area contributed by atoms with Gasteiger partial charge in [-0.1, -0.05) is 125 Å². The van der Waals surface area contributed by atoms with E-state index in [0.29, 0.717) is 25.7 Å². The van der Waals surface area contributed by atoms with Gasteiger partial charge in [0, 0.05) is 48.9 Å². The van der Waals surface area contributed by atoms with Crippen LogP contribution in [0.3, 0.4) is 0 Å². The summed E-state index contributed by atoms with van der Waals surface area (Å²) in [6, 6.07) is 0.824. The molecule has 2 atom stereocenters. The Kier molecular flexibility index (Phi) is 27.0. The van der Waals surface area contributed by atoms with Gasteiger partial charge in [-0.15, -0.1) is 0 Å². The second-order valence-electron chi connectivity index (χ2n) is 12.0. The fourth-order valence-electron chi connectivity index (χ4n) is 6.44. The third-order valence-electron chi connectivity index (χ3n) is 8.81. The second-order valence-corrected chi connectivity index (χ2v) is 19.6. The molecule has 1 rings (SSSR count). The van der Waals surface area contributed by atoms with Crippen LogP contribution < -0.4 is 0 Å². The van der Waals surface area contributed by atoms with Crippen molar-refractivity contribution in [3.05, 3.63) is 0 Å². The molecule has 0 amide bonds. The summed E-state index contributed by atoms with van der Waals surface area (Å²) in [7, 11) is -2.77. The van der Waals surface area contributed by atoms with Crippen LogP contribution in [0.5, 0.6) is 0 Å². The van der Waals surface area contributed by atoms with Gasteiger partial charge in [0.1, 0.15) is 0 Å². The predicted molar refractivity (Wildman–Crippen MR) is 202 cm³/mol. The van der Waals surface area contributed by atoms with Crippen molar-refractivity contribution in [2.75, 3.05) is 42.8 Å². The molecule has 5 nitrogen and oxygen atoms in total. The average molecular weight is 711 g/mol. The molecule has 0 N–H and O–H groups in total. The molecule has 0 bridgehead atoms. The number of unbranched alkanes of at least 4 members (excludes halogenated alkanes) is 8. The molecule has 260 valence electrons. The number of rotatable bonds is 27. The van der Waals surface area contributed by atoms with E-state index in [1.165, 1.54) is 124 Å². The molecule has 0 aromatic carbocycles. The topological polar surface area (TPSA) is 61.8 Å². The fraction of sp³-hybridized carbons (Fsp3) is 0.941. The molecule has 1 aliphatic rings. The highest BCUT2D eigenvalue weighted by Gasteiger charge is 2.46. The molecule has 2 unspecified atom stereocenters. The zero-order chi connectivity index (χ0) is 32.4. The van der Waals surface area contributed by atoms with Crippen LogP contribution in [-0.4, -0.2) is 60.5 Å². The Balaban J connectivity index is 2.82. The minimum absolute atomic E-state index is 0.135. The van der Waals surface area contributed by atoms with Gasteiger partial charge in [0.15, 0.2) is 0 Å². The number of carbonyl (C=O) groups excluding carboxylic acids is 2. The van der Waals surface area contributed by atoms with Gasteiger partial charge in [-0.05, 0) is 77.0 Å². The summed E-state index contributed by atoms with van der Waals surface area (Å²) in [4.78, 5) is 25.4. The van der Waals surface area contributed by atoms with E-state index in [-0.39, 0.29) is 14.3 Å². The summed E-state index contributed by atoms with van der Waals surface area (Å²) < 4.78 is 19.4. The van der Waals surface area contributed by atoms with Crippen molar-refractivity contribution in [1.29, 1.82) is 0 Å². The van der Waals surface area contributed by atoms with Gasteiger partial charge in [0.05, 0.1) is 0 Å². The van der Waals surface area contributed by atoms with Gasteiger partial charge in [0.25, 0.3) is 0 Å². The molecule has 0 aliphatic heterocycles. The van der Waals surface area contributed by atoms with Crippen LogP contribution in [0.1, 0.15) is 144 Å². The lowest BCUT2D eigenvalue weighted by Gasteiger charge is -2.46. The number of thioether (sulfide) groups is 4. The molecular formula is C34H66O5S4Si. The van der Waals surface area contributed by atoms with Crippen molar-refractivity contribution in [2.45, 2.75) is 150 Å². The summed E-state index contributed by atoms with van der Waals surface area (Å²) >= 11 is 6.09. The molecule has 10 heteroatoms. The fourth-order valence-corrected chi connectivity index (χ4v) is 13.2. The Morgan fingerprint density at radius 1 is 0.636 bits per heavy atom. The highest BCUT2D eigenvalue weighted by atomic mass is 32.2. The van der Waals surface area contributed by atoms with E-state index < -0.39 is 8.80 Å². The maximum absolute atomic E-state index is 12.8. The molecule has 1 saturated carbocycles. The van der Waals surface area contributed by atoms with Crippen molar-refractivity contribution < 1.29 is 22.9 Å². The zero-order valence-electron chi connectivity index (χ0n) is 28.9. The number of hydrogen-bond donors (Lipinski definition) is 0. The minimum Gasteiger partial charge on any atom is -0.374 e. The monoisotopic (exact) mass is 710 g/mol. The first-order valence-electron chi connectivity index (χ1n) is 17.9. The summed E-state index contributed by atoms with van der Waals surface area (Å²) in [5, 5.41) is 0. The van der Waals surface area contributed by atoms with E-state index >= 15 is 0 Å². The normalized spacial score (nSPS) is 19.0. The summed E-state index contributed by atoms with van der Waals surface area (Å²) in [6.45, 7) is 12.3. The maximum Gasteiger partial charge on any atom is 0.500 e. The Hall–Kier alpha value is 0.837. The smallest absolute Gasteiger partial charge is 0.374 e. The summed E-state index contributed by atoms with van der Waals surface area (Å²) in [5.74, 6) is 4.19. The van der Waals surface area contributed by atoms with Gasteiger partial charge in [-0.2, -0.15) is 0 Å². The minimum atomic E-state index is -2.77. The van der Waals surface area contributed by atoms with Gasteiger partial charge in [-0.3, -0.25) is 9.59 Å². The first kappa shape index (κ1) is 42.9.